The molecule has 0 bridgehead atoms. The van der Waals surface area contributed by atoms with Gasteiger partial charge in [0.05, 0.1) is 12.2 Å². The highest BCUT2D eigenvalue weighted by Gasteiger charge is 2.32. The fourth-order valence-electron chi connectivity index (χ4n) is 4.35. The maximum absolute atomic E-state index is 12.2. The molecule has 0 amide bonds. The van der Waals surface area contributed by atoms with Gasteiger partial charge in [0, 0.05) is 37.2 Å². The topological polar surface area (TPSA) is 38.1 Å². The van der Waals surface area contributed by atoms with Crippen molar-refractivity contribution in [3.8, 4) is 0 Å². The van der Waals surface area contributed by atoms with E-state index < -0.39 is 0 Å². The minimum Gasteiger partial charge on any atom is -0.300 e. The number of aromatic nitrogens is 2. The van der Waals surface area contributed by atoms with Crippen molar-refractivity contribution in [2.75, 3.05) is 13.1 Å². The lowest BCUT2D eigenvalue weighted by Gasteiger charge is -2.40. The van der Waals surface area contributed by atoms with Crippen LogP contribution in [0.1, 0.15) is 64.0 Å². The van der Waals surface area contributed by atoms with Crippen molar-refractivity contribution >= 4 is 5.78 Å². The number of likely N-dealkylation sites (tertiary alicyclic amines) is 1. The summed E-state index contributed by atoms with van der Waals surface area (Å²) in [6, 6.07) is 1.27. The fraction of sp³-hybridized carbons (Fsp3) is 0.789. The molecule has 0 unspecified atom stereocenters. The number of ketones is 1. The first kappa shape index (κ1) is 16.7. The van der Waals surface area contributed by atoms with E-state index in [1.807, 2.05) is 20.0 Å². The summed E-state index contributed by atoms with van der Waals surface area (Å²) in [5.74, 6) is 1.01. The Kier molecular flexibility index (Phi) is 5.20. The van der Waals surface area contributed by atoms with Gasteiger partial charge in [-0.1, -0.05) is 13.8 Å². The molecule has 0 aromatic carbocycles. The fourth-order valence-corrected chi connectivity index (χ4v) is 4.35. The van der Waals surface area contributed by atoms with Gasteiger partial charge < -0.3 is 4.90 Å². The molecule has 1 saturated carbocycles. The third-order valence-electron chi connectivity index (χ3n) is 5.79. The zero-order valence-electron chi connectivity index (χ0n) is 14.9. The number of carbonyl (C=O) groups excluding carboxylic acids is 1. The number of carbonyl (C=O) groups is 1. The van der Waals surface area contributed by atoms with Gasteiger partial charge in [-0.15, -0.1) is 0 Å². The van der Waals surface area contributed by atoms with Crippen molar-refractivity contribution in [2.24, 2.45) is 11.8 Å². The molecule has 4 nitrogen and oxygen atoms in total. The number of rotatable bonds is 4. The molecule has 2 aliphatic rings. The smallest absolute Gasteiger partial charge is 0.138 e. The summed E-state index contributed by atoms with van der Waals surface area (Å²) in [6.07, 6.45) is 11.1. The van der Waals surface area contributed by atoms with Gasteiger partial charge in [-0.05, 0) is 51.0 Å². The van der Waals surface area contributed by atoms with E-state index in [2.05, 4.69) is 27.8 Å². The summed E-state index contributed by atoms with van der Waals surface area (Å²) < 4.78 is 2.16. The minimum atomic E-state index is 0.199. The third-order valence-corrected chi connectivity index (χ3v) is 5.79. The lowest BCUT2D eigenvalue weighted by atomic mass is 9.79. The Morgan fingerprint density at radius 2 is 1.74 bits per heavy atom. The van der Waals surface area contributed by atoms with Crippen LogP contribution in [0.2, 0.25) is 0 Å². The summed E-state index contributed by atoms with van der Waals surface area (Å²) in [6.45, 7) is 8.54. The lowest BCUT2D eigenvalue weighted by molar-refractivity contribution is -0.127. The molecule has 0 radical (unpaired) electrons. The zero-order valence-corrected chi connectivity index (χ0v) is 14.9. The van der Waals surface area contributed by atoms with Gasteiger partial charge in [0.15, 0.2) is 0 Å². The van der Waals surface area contributed by atoms with E-state index in [0.29, 0.717) is 23.8 Å². The van der Waals surface area contributed by atoms with Gasteiger partial charge in [-0.2, -0.15) is 5.10 Å². The molecule has 1 aliphatic heterocycles. The highest BCUT2D eigenvalue weighted by atomic mass is 16.1. The average molecular weight is 317 g/mol. The Bertz CT molecular complexity index is 520. The van der Waals surface area contributed by atoms with Crippen molar-refractivity contribution in [2.45, 2.75) is 71.4 Å². The molecule has 1 saturated heterocycles. The number of Topliss-reactive ketones (excluding diaryl/α,β-unsaturated/α-hetero) is 1. The van der Waals surface area contributed by atoms with Gasteiger partial charge in [-0.25, -0.2) is 0 Å². The summed E-state index contributed by atoms with van der Waals surface area (Å²) in [5, 5.41) is 4.48. The quantitative estimate of drug-likeness (QED) is 0.851. The van der Waals surface area contributed by atoms with Crippen LogP contribution in [0.3, 0.4) is 0 Å². The summed E-state index contributed by atoms with van der Waals surface area (Å²) >= 11 is 0. The predicted molar refractivity (Wildman–Crippen MR) is 92.4 cm³/mol. The molecule has 1 aromatic heterocycles. The molecule has 2 heterocycles. The molecular formula is C19H31N3O. The van der Waals surface area contributed by atoms with Gasteiger partial charge in [0.1, 0.15) is 5.78 Å². The first-order valence-electron chi connectivity index (χ1n) is 9.33. The standard InChI is InChI=1S/C19H31N3O/c1-14(2)19(23)16-4-6-17(7-5-16)21-10-8-18(9-11-21)22-13-15(3)12-20-22/h12-14,16-18H,4-11H2,1-3H3/t16-,17-. The molecule has 2 fully saturated rings. The molecule has 0 atom stereocenters. The van der Waals surface area contributed by atoms with Crippen LogP contribution in [-0.2, 0) is 4.79 Å². The van der Waals surface area contributed by atoms with E-state index in [0.717, 1.165) is 12.8 Å². The van der Waals surface area contributed by atoms with Gasteiger partial charge >= 0.3 is 0 Å². The number of nitrogens with zero attached hydrogens (tertiary/aromatic N) is 3. The minimum absolute atomic E-state index is 0.199. The van der Waals surface area contributed by atoms with E-state index in [1.165, 1.54) is 44.3 Å². The van der Waals surface area contributed by atoms with Crippen LogP contribution in [0, 0.1) is 18.8 Å². The van der Waals surface area contributed by atoms with E-state index >= 15 is 0 Å². The van der Waals surface area contributed by atoms with Crippen LogP contribution < -0.4 is 0 Å². The van der Waals surface area contributed by atoms with Gasteiger partial charge in [-0.3, -0.25) is 9.48 Å². The van der Waals surface area contributed by atoms with Crippen molar-refractivity contribution < 1.29 is 4.79 Å². The van der Waals surface area contributed by atoms with E-state index in [-0.39, 0.29) is 5.92 Å². The Hall–Kier alpha value is -1.16. The first-order valence-corrected chi connectivity index (χ1v) is 9.33. The molecule has 1 aromatic rings. The Labute approximate surface area is 140 Å². The molecule has 3 rings (SSSR count). The molecule has 1 aliphatic carbocycles. The zero-order chi connectivity index (χ0) is 16.4. The highest BCUT2D eigenvalue weighted by molar-refractivity contribution is 5.82. The lowest BCUT2D eigenvalue weighted by Crippen LogP contribution is -2.44. The van der Waals surface area contributed by atoms with Crippen molar-refractivity contribution in [1.82, 2.24) is 14.7 Å². The summed E-state index contributed by atoms with van der Waals surface area (Å²) in [5.41, 5.74) is 1.25. The number of aryl methyl sites for hydroxylation is 1. The monoisotopic (exact) mass is 317 g/mol. The maximum Gasteiger partial charge on any atom is 0.138 e. The van der Waals surface area contributed by atoms with E-state index in [1.54, 1.807) is 0 Å². The largest absolute Gasteiger partial charge is 0.300 e. The van der Waals surface area contributed by atoms with Crippen LogP contribution in [0.4, 0.5) is 0 Å². The van der Waals surface area contributed by atoms with Crippen LogP contribution >= 0.6 is 0 Å². The number of hydrogen-bond acceptors (Lipinski definition) is 3. The molecule has 4 heteroatoms. The Balaban J connectivity index is 1.47. The van der Waals surface area contributed by atoms with Crippen LogP contribution in [0.25, 0.3) is 0 Å². The molecule has 0 N–H and O–H groups in total. The number of hydrogen-bond donors (Lipinski definition) is 0. The van der Waals surface area contributed by atoms with Crippen LogP contribution in [-0.4, -0.2) is 39.6 Å². The maximum atomic E-state index is 12.2. The SMILES string of the molecule is Cc1cnn(C2CCN([C@H]3CC[C@H](C(=O)C(C)C)CC3)CC2)c1. The molecule has 128 valence electrons. The Morgan fingerprint density at radius 3 is 2.26 bits per heavy atom. The number of piperidine rings is 1. The second-order valence-electron chi connectivity index (χ2n) is 7.83. The van der Waals surface area contributed by atoms with Crippen LogP contribution in [0.15, 0.2) is 12.4 Å². The van der Waals surface area contributed by atoms with Crippen molar-refractivity contribution in [3.63, 3.8) is 0 Å². The van der Waals surface area contributed by atoms with E-state index in [4.69, 9.17) is 0 Å². The third kappa shape index (κ3) is 3.85. The predicted octanol–water partition coefficient (Wildman–Crippen LogP) is 3.61. The highest BCUT2D eigenvalue weighted by Crippen LogP contribution is 2.32. The van der Waals surface area contributed by atoms with Crippen molar-refractivity contribution in [3.05, 3.63) is 18.0 Å². The first-order chi connectivity index (χ1) is 11.0. The Morgan fingerprint density at radius 1 is 1.09 bits per heavy atom. The molecule has 0 spiro atoms. The van der Waals surface area contributed by atoms with E-state index in [9.17, 15) is 4.79 Å². The summed E-state index contributed by atoms with van der Waals surface area (Å²) in [4.78, 5) is 14.8. The normalized spacial score (nSPS) is 27.5. The summed E-state index contributed by atoms with van der Waals surface area (Å²) in [7, 11) is 0. The van der Waals surface area contributed by atoms with Gasteiger partial charge in [0.25, 0.3) is 0 Å². The second-order valence-corrected chi connectivity index (χ2v) is 7.83. The molecule has 23 heavy (non-hydrogen) atoms. The van der Waals surface area contributed by atoms with Crippen molar-refractivity contribution in [1.29, 1.82) is 0 Å². The second kappa shape index (κ2) is 7.16. The van der Waals surface area contributed by atoms with Gasteiger partial charge in [0.2, 0.25) is 0 Å². The molecular weight excluding hydrogens is 286 g/mol. The van der Waals surface area contributed by atoms with Crippen LogP contribution in [0.5, 0.6) is 0 Å². The average Bonchev–Trinajstić information content (AvgIpc) is 3.01.